The summed E-state index contributed by atoms with van der Waals surface area (Å²) in [6, 6.07) is 5.14. The van der Waals surface area contributed by atoms with Gasteiger partial charge < -0.3 is 14.5 Å². The van der Waals surface area contributed by atoms with Gasteiger partial charge in [0, 0.05) is 29.5 Å². The molecule has 0 aliphatic carbocycles. The lowest BCUT2D eigenvalue weighted by atomic mass is 10.1. The second-order valence-electron chi connectivity index (χ2n) is 4.29. The highest BCUT2D eigenvalue weighted by atomic mass is 16.5. The number of fused-ring (bicyclic) bond motifs is 1. The number of aromatic nitrogens is 1. The fourth-order valence-corrected chi connectivity index (χ4v) is 1.98. The summed E-state index contributed by atoms with van der Waals surface area (Å²) in [6.07, 6.45) is 0.112. The molecule has 1 aromatic carbocycles. The second-order valence-corrected chi connectivity index (χ2v) is 4.29. The summed E-state index contributed by atoms with van der Waals surface area (Å²) in [4.78, 5) is 25.8. The molecule has 0 bridgehead atoms. The second kappa shape index (κ2) is 5.14. The molecule has 2 aromatic rings. The number of pyridine rings is 1. The lowest BCUT2D eigenvalue weighted by molar-refractivity contribution is -0.116. The summed E-state index contributed by atoms with van der Waals surface area (Å²) in [5, 5.41) is 0.749. The molecule has 0 saturated carbocycles. The number of ketones is 1. The van der Waals surface area contributed by atoms with Crippen LogP contribution in [0.2, 0.25) is 0 Å². The zero-order valence-corrected chi connectivity index (χ0v) is 11.1. The molecule has 0 fully saturated rings. The number of methoxy groups -OCH3 is 2. The van der Waals surface area contributed by atoms with Gasteiger partial charge in [-0.2, -0.15) is 0 Å². The van der Waals surface area contributed by atoms with Crippen molar-refractivity contribution in [2.24, 2.45) is 0 Å². The maximum atomic E-state index is 11.9. The summed E-state index contributed by atoms with van der Waals surface area (Å²) in [5.74, 6) is 1.13. The Hall–Kier alpha value is -2.30. The number of nitrogens with one attached hydrogen (secondary N) is 1. The first kappa shape index (κ1) is 13.1. The van der Waals surface area contributed by atoms with Crippen LogP contribution in [0.4, 0.5) is 0 Å². The Morgan fingerprint density at radius 3 is 2.53 bits per heavy atom. The van der Waals surface area contributed by atoms with Gasteiger partial charge in [-0.05, 0) is 13.0 Å². The van der Waals surface area contributed by atoms with Gasteiger partial charge in [-0.15, -0.1) is 0 Å². The molecule has 19 heavy (non-hydrogen) atoms. The Balaban J connectivity index is 2.70. The number of carbonyl (C=O) groups is 1. The molecule has 0 saturated heterocycles. The van der Waals surface area contributed by atoms with Crippen molar-refractivity contribution in [2.75, 3.05) is 14.2 Å². The number of rotatable bonds is 4. The lowest BCUT2D eigenvalue weighted by Gasteiger charge is -2.09. The van der Waals surface area contributed by atoms with Gasteiger partial charge in [-0.3, -0.25) is 9.59 Å². The zero-order chi connectivity index (χ0) is 14.0. The van der Waals surface area contributed by atoms with Crippen LogP contribution in [0.3, 0.4) is 0 Å². The third kappa shape index (κ3) is 2.59. The number of aromatic amines is 1. The Bertz CT molecular complexity index is 688. The molecule has 0 atom stereocenters. The molecule has 0 aliphatic heterocycles. The summed E-state index contributed by atoms with van der Waals surface area (Å²) in [6.45, 7) is 1.45. The molecule has 0 unspecified atom stereocenters. The van der Waals surface area contributed by atoms with E-state index in [0.717, 1.165) is 5.39 Å². The minimum atomic E-state index is -0.266. The molecule has 1 heterocycles. The molecule has 1 aromatic heterocycles. The van der Waals surface area contributed by atoms with Gasteiger partial charge in [0.15, 0.2) is 0 Å². The Morgan fingerprint density at radius 2 is 1.95 bits per heavy atom. The van der Waals surface area contributed by atoms with Crippen molar-refractivity contribution in [3.05, 3.63) is 34.1 Å². The summed E-state index contributed by atoms with van der Waals surface area (Å²) < 4.78 is 10.4. The number of carbonyl (C=O) groups excluding carboxylic acids is 1. The van der Waals surface area contributed by atoms with Gasteiger partial charge in [-0.1, -0.05) is 0 Å². The molecule has 5 nitrogen and oxygen atoms in total. The van der Waals surface area contributed by atoms with Gasteiger partial charge >= 0.3 is 0 Å². The zero-order valence-electron chi connectivity index (χ0n) is 11.1. The van der Waals surface area contributed by atoms with Crippen molar-refractivity contribution < 1.29 is 14.3 Å². The molecule has 1 N–H and O–H groups in total. The van der Waals surface area contributed by atoms with Crippen molar-refractivity contribution >= 4 is 16.7 Å². The van der Waals surface area contributed by atoms with E-state index in [1.54, 1.807) is 32.4 Å². The van der Waals surface area contributed by atoms with Crippen molar-refractivity contribution in [1.29, 1.82) is 0 Å². The monoisotopic (exact) mass is 261 g/mol. The Kier molecular flexibility index (Phi) is 3.55. The van der Waals surface area contributed by atoms with Gasteiger partial charge in [0.05, 0.1) is 19.7 Å². The van der Waals surface area contributed by atoms with Crippen LogP contribution in [0, 0.1) is 0 Å². The van der Waals surface area contributed by atoms with E-state index >= 15 is 0 Å². The van der Waals surface area contributed by atoms with Crippen LogP contribution in [0.1, 0.15) is 12.5 Å². The highest BCUT2D eigenvalue weighted by Gasteiger charge is 2.10. The number of hydrogen-bond donors (Lipinski definition) is 1. The molecule has 0 amide bonds. The SMILES string of the molecule is COc1cc(OC)c2cc(CC(C)=O)c(=O)[nH]c2c1. The van der Waals surface area contributed by atoms with Crippen LogP contribution in [0.25, 0.3) is 10.9 Å². The number of ether oxygens (including phenoxy) is 2. The average Bonchev–Trinajstić information content (AvgIpc) is 2.38. The minimum absolute atomic E-state index is 0.0580. The van der Waals surface area contributed by atoms with E-state index in [4.69, 9.17) is 9.47 Å². The fourth-order valence-electron chi connectivity index (χ4n) is 1.98. The highest BCUT2D eigenvalue weighted by Crippen LogP contribution is 2.29. The molecule has 5 heteroatoms. The number of H-pyrrole nitrogens is 1. The van der Waals surface area contributed by atoms with E-state index in [2.05, 4.69) is 4.98 Å². The molecule has 0 radical (unpaired) electrons. The molecule has 0 aliphatic rings. The van der Waals surface area contributed by atoms with Gasteiger partial charge in [-0.25, -0.2) is 0 Å². The van der Waals surface area contributed by atoms with Gasteiger partial charge in [0.1, 0.15) is 17.3 Å². The first-order valence-corrected chi connectivity index (χ1v) is 5.82. The quantitative estimate of drug-likeness (QED) is 0.909. The Labute approximate surface area is 110 Å². The van der Waals surface area contributed by atoms with Crippen LogP contribution < -0.4 is 15.0 Å². The predicted octanol–water partition coefficient (Wildman–Crippen LogP) is 1.68. The van der Waals surface area contributed by atoms with E-state index in [1.807, 2.05) is 0 Å². The van der Waals surface area contributed by atoms with Crippen LogP contribution in [-0.4, -0.2) is 25.0 Å². The number of hydrogen-bond acceptors (Lipinski definition) is 4. The van der Waals surface area contributed by atoms with Crippen molar-refractivity contribution in [3.8, 4) is 11.5 Å². The summed E-state index contributed by atoms with van der Waals surface area (Å²) in [5.41, 5.74) is 0.787. The highest BCUT2D eigenvalue weighted by molar-refractivity contribution is 5.88. The van der Waals surface area contributed by atoms with E-state index < -0.39 is 0 Å². The summed E-state index contributed by atoms with van der Waals surface area (Å²) in [7, 11) is 3.09. The third-order valence-corrected chi connectivity index (χ3v) is 2.87. The van der Waals surface area contributed by atoms with Crippen LogP contribution in [-0.2, 0) is 11.2 Å². The number of benzene rings is 1. The topological polar surface area (TPSA) is 68.4 Å². The third-order valence-electron chi connectivity index (χ3n) is 2.87. The van der Waals surface area contributed by atoms with Crippen LogP contribution in [0.15, 0.2) is 23.0 Å². The molecule has 100 valence electrons. The standard InChI is InChI=1S/C14H15NO4/c1-8(16)4-9-5-11-12(15-14(9)17)6-10(18-2)7-13(11)19-3/h5-7H,4H2,1-3H3,(H,15,17). The first-order valence-electron chi connectivity index (χ1n) is 5.82. The average molecular weight is 261 g/mol. The molecular formula is C14H15NO4. The van der Waals surface area contributed by atoms with Crippen molar-refractivity contribution in [3.63, 3.8) is 0 Å². The summed E-state index contributed by atoms with van der Waals surface area (Å²) >= 11 is 0. The normalized spacial score (nSPS) is 10.5. The van der Waals surface area contributed by atoms with E-state index in [0.29, 0.717) is 22.6 Å². The fraction of sp³-hybridized carbons (Fsp3) is 0.286. The molecular weight excluding hydrogens is 246 g/mol. The van der Waals surface area contributed by atoms with Crippen molar-refractivity contribution in [1.82, 2.24) is 4.98 Å². The van der Waals surface area contributed by atoms with E-state index in [1.165, 1.54) is 6.92 Å². The van der Waals surface area contributed by atoms with E-state index in [9.17, 15) is 9.59 Å². The maximum absolute atomic E-state index is 11.9. The largest absolute Gasteiger partial charge is 0.497 e. The lowest BCUT2D eigenvalue weighted by Crippen LogP contribution is -2.15. The number of Topliss-reactive ketones (excluding diaryl/α,β-unsaturated/α-hetero) is 1. The van der Waals surface area contributed by atoms with E-state index in [-0.39, 0.29) is 17.8 Å². The van der Waals surface area contributed by atoms with Crippen LogP contribution >= 0.6 is 0 Å². The predicted molar refractivity (Wildman–Crippen MR) is 72.1 cm³/mol. The molecule has 0 spiro atoms. The van der Waals surface area contributed by atoms with Gasteiger partial charge in [0.25, 0.3) is 5.56 Å². The minimum Gasteiger partial charge on any atom is -0.497 e. The smallest absolute Gasteiger partial charge is 0.252 e. The first-order chi connectivity index (χ1) is 9.05. The Morgan fingerprint density at radius 1 is 1.21 bits per heavy atom. The van der Waals surface area contributed by atoms with Gasteiger partial charge in [0.2, 0.25) is 0 Å². The van der Waals surface area contributed by atoms with Crippen LogP contribution in [0.5, 0.6) is 11.5 Å². The maximum Gasteiger partial charge on any atom is 0.252 e. The molecule has 2 rings (SSSR count). The van der Waals surface area contributed by atoms with Crippen molar-refractivity contribution in [2.45, 2.75) is 13.3 Å².